The second-order valence-electron chi connectivity index (χ2n) is 9.32. The van der Waals surface area contributed by atoms with E-state index in [4.69, 9.17) is 9.47 Å². The lowest BCUT2D eigenvalue weighted by Gasteiger charge is -2.33. The van der Waals surface area contributed by atoms with Gasteiger partial charge in [-0.05, 0) is 61.4 Å². The van der Waals surface area contributed by atoms with Gasteiger partial charge in [-0.3, -0.25) is 24.0 Å². The van der Waals surface area contributed by atoms with Crippen LogP contribution in [0.2, 0.25) is 0 Å². The monoisotopic (exact) mass is 598 g/mol. The Hall–Kier alpha value is -4.65. The number of rotatable bonds is 13. The number of carbonyl (C=O) groups is 2. The zero-order valence-electron chi connectivity index (χ0n) is 24.1. The quantitative estimate of drug-likeness (QED) is 0.231. The summed E-state index contributed by atoms with van der Waals surface area (Å²) in [6.07, 6.45) is 0.265. The Morgan fingerprint density at radius 1 is 0.976 bits per heavy atom. The maximum atomic E-state index is 14.0. The van der Waals surface area contributed by atoms with Gasteiger partial charge in [-0.25, -0.2) is 8.42 Å². The van der Waals surface area contributed by atoms with E-state index >= 15 is 0 Å². The minimum absolute atomic E-state index is 0.0151. The van der Waals surface area contributed by atoms with E-state index in [-0.39, 0.29) is 34.8 Å². The van der Waals surface area contributed by atoms with Crippen LogP contribution in [0.3, 0.4) is 0 Å². The van der Waals surface area contributed by atoms with Crippen molar-refractivity contribution in [3.05, 3.63) is 88.0 Å². The fourth-order valence-electron chi connectivity index (χ4n) is 4.36. The van der Waals surface area contributed by atoms with E-state index in [1.54, 1.807) is 31.2 Å². The Bertz CT molecular complexity index is 1530. The molecule has 2 amide bonds. The number of nitrogens with one attached hydrogen (secondary N) is 1. The van der Waals surface area contributed by atoms with Crippen molar-refractivity contribution in [3.63, 3.8) is 0 Å². The van der Waals surface area contributed by atoms with E-state index in [9.17, 15) is 28.1 Å². The number of hydrogen-bond donors (Lipinski definition) is 1. The number of benzene rings is 3. The Morgan fingerprint density at radius 2 is 1.55 bits per heavy atom. The molecule has 224 valence electrons. The number of methoxy groups -OCH3 is 2. The zero-order chi connectivity index (χ0) is 31.0. The summed E-state index contributed by atoms with van der Waals surface area (Å²) in [6.45, 7) is 2.58. The molecule has 12 nitrogen and oxygen atoms in total. The Kier molecular flexibility index (Phi) is 10.5. The Labute approximate surface area is 245 Å². The molecule has 0 saturated heterocycles. The fraction of sp³-hybridized carbons (Fsp3) is 0.310. The van der Waals surface area contributed by atoms with Crippen molar-refractivity contribution in [2.75, 3.05) is 32.1 Å². The van der Waals surface area contributed by atoms with Crippen molar-refractivity contribution >= 4 is 33.2 Å². The van der Waals surface area contributed by atoms with Crippen LogP contribution in [0.15, 0.2) is 71.6 Å². The summed E-state index contributed by atoms with van der Waals surface area (Å²) in [4.78, 5) is 38.7. The van der Waals surface area contributed by atoms with Crippen molar-refractivity contribution in [3.8, 4) is 11.5 Å². The standard InChI is InChI=1S/C29H34N4O8S/c1-6-26(29(35)30-3)31(18-21-8-12-23(40-4)13-9-21)28(34)19-32(22-10-14-24(41-5)15-11-22)42(38,39)25-16-7-20(2)27(17-25)33(36)37/h7-17,26H,6,18-19H2,1-5H3,(H,30,35)/t26-/m1/s1. The summed E-state index contributed by atoms with van der Waals surface area (Å²) in [6, 6.07) is 15.6. The molecule has 1 atom stereocenters. The van der Waals surface area contributed by atoms with Crippen molar-refractivity contribution in [2.24, 2.45) is 0 Å². The van der Waals surface area contributed by atoms with Crippen LogP contribution in [0, 0.1) is 17.0 Å². The second kappa shape index (κ2) is 13.8. The summed E-state index contributed by atoms with van der Waals surface area (Å²) in [5.41, 5.74) is 0.737. The minimum Gasteiger partial charge on any atom is -0.497 e. The first-order valence-electron chi connectivity index (χ1n) is 13.0. The summed E-state index contributed by atoms with van der Waals surface area (Å²) in [5.74, 6) is 0.00813. The van der Waals surface area contributed by atoms with Gasteiger partial charge < -0.3 is 19.7 Å². The molecule has 0 spiro atoms. The van der Waals surface area contributed by atoms with Crippen LogP contribution in [0.25, 0.3) is 0 Å². The van der Waals surface area contributed by atoms with E-state index in [1.807, 2.05) is 0 Å². The van der Waals surface area contributed by atoms with Crippen molar-refractivity contribution in [2.45, 2.75) is 37.8 Å². The molecular formula is C29H34N4O8S. The largest absolute Gasteiger partial charge is 0.497 e. The zero-order valence-corrected chi connectivity index (χ0v) is 24.9. The summed E-state index contributed by atoms with van der Waals surface area (Å²) in [7, 11) is -0.0482. The number of nitro benzene ring substituents is 1. The number of carbonyl (C=O) groups excluding carboxylic acids is 2. The van der Waals surface area contributed by atoms with Crippen LogP contribution in [0.4, 0.5) is 11.4 Å². The van der Waals surface area contributed by atoms with E-state index in [2.05, 4.69) is 5.32 Å². The van der Waals surface area contributed by atoms with Crippen LogP contribution in [-0.2, 0) is 26.2 Å². The Morgan fingerprint density at radius 3 is 2.05 bits per heavy atom. The molecule has 0 radical (unpaired) electrons. The molecule has 0 saturated carbocycles. The van der Waals surface area contributed by atoms with Gasteiger partial charge in [0.15, 0.2) is 0 Å². The molecule has 0 unspecified atom stereocenters. The van der Waals surface area contributed by atoms with Gasteiger partial charge in [0.05, 0.1) is 29.7 Å². The number of hydrogen-bond acceptors (Lipinski definition) is 8. The first kappa shape index (κ1) is 31.9. The third kappa shape index (κ3) is 7.16. The molecule has 0 aliphatic carbocycles. The normalized spacial score (nSPS) is 11.7. The van der Waals surface area contributed by atoms with Gasteiger partial charge in [0.1, 0.15) is 24.1 Å². The van der Waals surface area contributed by atoms with Gasteiger partial charge in [0.2, 0.25) is 11.8 Å². The maximum absolute atomic E-state index is 14.0. The molecule has 0 aromatic heterocycles. The van der Waals surface area contributed by atoms with Gasteiger partial charge in [-0.1, -0.05) is 25.1 Å². The highest BCUT2D eigenvalue weighted by atomic mass is 32.2. The molecule has 0 fully saturated rings. The number of aryl methyl sites for hydroxylation is 1. The van der Waals surface area contributed by atoms with Crippen LogP contribution in [0.5, 0.6) is 11.5 Å². The van der Waals surface area contributed by atoms with Gasteiger partial charge in [-0.15, -0.1) is 0 Å². The van der Waals surface area contributed by atoms with E-state index < -0.39 is 39.3 Å². The first-order chi connectivity index (χ1) is 20.0. The highest BCUT2D eigenvalue weighted by Gasteiger charge is 2.34. The van der Waals surface area contributed by atoms with E-state index in [0.717, 1.165) is 10.4 Å². The average Bonchev–Trinajstić information content (AvgIpc) is 2.99. The molecule has 1 N–H and O–H groups in total. The topological polar surface area (TPSA) is 148 Å². The third-order valence-corrected chi connectivity index (χ3v) is 8.52. The number of ether oxygens (including phenoxy) is 2. The first-order valence-corrected chi connectivity index (χ1v) is 14.5. The number of sulfonamides is 1. The lowest BCUT2D eigenvalue weighted by atomic mass is 10.1. The van der Waals surface area contributed by atoms with E-state index in [1.165, 1.54) is 69.5 Å². The second-order valence-corrected chi connectivity index (χ2v) is 11.2. The van der Waals surface area contributed by atoms with Gasteiger partial charge in [-0.2, -0.15) is 0 Å². The number of nitrogens with zero attached hydrogens (tertiary/aromatic N) is 3. The average molecular weight is 599 g/mol. The fourth-order valence-corrected chi connectivity index (χ4v) is 5.80. The molecule has 0 bridgehead atoms. The molecule has 13 heteroatoms. The summed E-state index contributed by atoms with van der Waals surface area (Å²) >= 11 is 0. The van der Waals surface area contributed by atoms with Gasteiger partial charge >= 0.3 is 0 Å². The van der Waals surface area contributed by atoms with Crippen LogP contribution in [-0.4, -0.2) is 63.9 Å². The molecular weight excluding hydrogens is 564 g/mol. The Balaban J connectivity index is 2.10. The predicted molar refractivity (Wildman–Crippen MR) is 157 cm³/mol. The van der Waals surface area contributed by atoms with Crippen molar-refractivity contribution in [1.82, 2.24) is 10.2 Å². The number of anilines is 1. The van der Waals surface area contributed by atoms with Crippen LogP contribution in [0.1, 0.15) is 24.5 Å². The van der Waals surface area contributed by atoms with Gasteiger partial charge in [0.25, 0.3) is 15.7 Å². The maximum Gasteiger partial charge on any atom is 0.273 e. The van der Waals surface area contributed by atoms with Crippen LogP contribution >= 0.6 is 0 Å². The predicted octanol–water partition coefficient (Wildman–Crippen LogP) is 3.67. The molecule has 3 aromatic carbocycles. The van der Waals surface area contributed by atoms with E-state index in [0.29, 0.717) is 17.1 Å². The molecule has 3 rings (SSSR count). The lowest BCUT2D eigenvalue weighted by molar-refractivity contribution is -0.385. The highest BCUT2D eigenvalue weighted by molar-refractivity contribution is 7.92. The molecule has 0 heterocycles. The highest BCUT2D eigenvalue weighted by Crippen LogP contribution is 2.29. The lowest BCUT2D eigenvalue weighted by Crippen LogP contribution is -2.51. The smallest absolute Gasteiger partial charge is 0.273 e. The summed E-state index contributed by atoms with van der Waals surface area (Å²) < 4.78 is 39.3. The molecule has 0 aliphatic rings. The van der Waals surface area contributed by atoms with Crippen molar-refractivity contribution < 1.29 is 32.4 Å². The third-order valence-electron chi connectivity index (χ3n) is 6.75. The van der Waals surface area contributed by atoms with Gasteiger partial charge in [0, 0.05) is 25.2 Å². The minimum atomic E-state index is -4.49. The van der Waals surface area contributed by atoms with Crippen LogP contribution < -0.4 is 19.1 Å². The molecule has 3 aromatic rings. The van der Waals surface area contributed by atoms with Crippen molar-refractivity contribution in [1.29, 1.82) is 0 Å². The number of nitro groups is 1. The number of amides is 2. The molecule has 0 aliphatic heterocycles. The SMILES string of the molecule is CC[C@H](C(=O)NC)N(Cc1ccc(OC)cc1)C(=O)CN(c1ccc(OC)cc1)S(=O)(=O)c1ccc(C)c([N+](=O)[O-])c1. The number of likely N-dealkylation sites (N-methyl/N-ethyl adjacent to an activating group) is 1. The molecule has 42 heavy (non-hydrogen) atoms. The summed E-state index contributed by atoms with van der Waals surface area (Å²) in [5, 5.41) is 14.1.